The van der Waals surface area contributed by atoms with Crippen LogP contribution in [0.15, 0.2) is 25.3 Å². The second-order valence-corrected chi connectivity index (χ2v) is 4.20. The van der Waals surface area contributed by atoms with E-state index >= 15 is 0 Å². The van der Waals surface area contributed by atoms with Crippen LogP contribution in [0.3, 0.4) is 0 Å². The van der Waals surface area contributed by atoms with Crippen molar-refractivity contribution < 1.29 is 0 Å². The van der Waals surface area contributed by atoms with Gasteiger partial charge in [-0.25, -0.2) is 0 Å². The third kappa shape index (κ3) is 4.57. The molecule has 4 nitrogen and oxygen atoms in total. The number of allylic oxidation sites excluding steroid dienone is 1. The summed E-state index contributed by atoms with van der Waals surface area (Å²) in [7, 11) is 0. The fraction of sp³-hybridized carbons (Fsp3) is 0.667. The number of nitrogens with one attached hydrogen (secondary N) is 1. The molecule has 4 heteroatoms. The number of hydrogen-bond donors (Lipinski definition) is 1. The molecule has 0 aromatic carbocycles. The Kier molecular flexibility index (Phi) is 5.78. The largest absolute Gasteiger partial charge is 0.319 e. The fourth-order valence-corrected chi connectivity index (χ4v) is 1.81. The van der Waals surface area contributed by atoms with Gasteiger partial charge in [0.2, 0.25) is 0 Å². The first-order valence-electron chi connectivity index (χ1n) is 5.95. The Morgan fingerprint density at radius 1 is 1.44 bits per heavy atom. The van der Waals surface area contributed by atoms with Crippen molar-refractivity contribution in [2.75, 3.05) is 0 Å². The van der Waals surface area contributed by atoms with Crippen LogP contribution in [0.5, 0.6) is 0 Å². The highest BCUT2D eigenvalue weighted by atomic mass is 15.2. The summed E-state index contributed by atoms with van der Waals surface area (Å²) in [5.74, 6) is 0. The predicted molar refractivity (Wildman–Crippen MR) is 66.1 cm³/mol. The van der Waals surface area contributed by atoms with Crippen LogP contribution in [-0.4, -0.2) is 26.8 Å². The van der Waals surface area contributed by atoms with Gasteiger partial charge in [0.1, 0.15) is 12.7 Å². The second kappa shape index (κ2) is 7.17. The molecule has 0 amide bonds. The van der Waals surface area contributed by atoms with Crippen molar-refractivity contribution in [2.45, 2.75) is 51.7 Å². The highest BCUT2D eigenvalue weighted by molar-refractivity contribution is 4.76. The van der Waals surface area contributed by atoms with E-state index in [9.17, 15) is 0 Å². The lowest BCUT2D eigenvalue weighted by molar-refractivity contribution is 0.384. The number of aromatic nitrogens is 3. The third-order valence-electron chi connectivity index (χ3n) is 2.68. The van der Waals surface area contributed by atoms with Crippen molar-refractivity contribution in [1.29, 1.82) is 0 Å². The van der Waals surface area contributed by atoms with Gasteiger partial charge in [-0.3, -0.25) is 0 Å². The molecule has 0 spiro atoms. The molecular weight excluding hydrogens is 200 g/mol. The van der Waals surface area contributed by atoms with Crippen LogP contribution in [0.25, 0.3) is 0 Å². The highest BCUT2D eigenvalue weighted by Crippen LogP contribution is 2.04. The van der Waals surface area contributed by atoms with Crippen LogP contribution < -0.4 is 5.32 Å². The van der Waals surface area contributed by atoms with Crippen molar-refractivity contribution in [1.82, 2.24) is 20.1 Å². The van der Waals surface area contributed by atoms with Crippen molar-refractivity contribution in [2.24, 2.45) is 0 Å². The Bertz CT molecular complexity index is 281. The van der Waals surface area contributed by atoms with Crippen molar-refractivity contribution in [3.05, 3.63) is 25.3 Å². The van der Waals surface area contributed by atoms with Crippen LogP contribution >= 0.6 is 0 Å². The van der Waals surface area contributed by atoms with E-state index in [0.29, 0.717) is 12.1 Å². The highest BCUT2D eigenvalue weighted by Gasteiger charge is 2.09. The average molecular weight is 222 g/mol. The summed E-state index contributed by atoms with van der Waals surface area (Å²) < 4.78 is 2.00. The summed E-state index contributed by atoms with van der Waals surface area (Å²) in [6.07, 6.45) is 8.87. The van der Waals surface area contributed by atoms with Gasteiger partial charge < -0.3 is 9.88 Å². The van der Waals surface area contributed by atoms with Crippen LogP contribution in [-0.2, 0) is 6.54 Å². The molecule has 0 aliphatic heterocycles. The summed E-state index contributed by atoms with van der Waals surface area (Å²) in [6.45, 7) is 9.08. The van der Waals surface area contributed by atoms with E-state index in [0.717, 1.165) is 25.8 Å². The Hall–Kier alpha value is -1.16. The fourth-order valence-electron chi connectivity index (χ4n) is 1.81. The molecule has 1 aromatic rings. The Morgan fingerprint density at radius 2 is 2.12 bits per heavy atom. The number of nitrogens with zero attached hydrogens (tertiary/aromatic N) is 3. The Labute approximate surface area is 97.8 Å². The molecular formula is C12H22N4. The molecule has 0 saturated carbocycles. The minimum absolute atomic E-state index is 0.436. The summed E-state index contributed by atoms with van der Waals surface area (Å²) >= 11 is 0. The Balaban J connectivity index is 2.30. The first-order valence-corrected chi connectivity index (χ1v) is 5.95. The quantitative estimate of drug-likeness (QED) is 0.684. The van der Waals surface area contributed by atoms with E-state index < -0.39 is 0 Å². The average Bonchev–Trinajstić information content (AvgIpc) is 2.76. The first kappa shape index (κ1) is 12.9. The number of hydrogen-bond acceptors (Lipinski definition) is 3. The SMILES string of the molecule is C=CCCC(CC)NC(C)Cn1cnnc1. The lowest BCUT2D eigenvalue weighted by Gasteiger charge is -2.22. The number of rotatable bonds is 8. The molecule has 0 radical (unpaired) electrons. The molecule has 90 valence electrons. The molecule has 0 fully saturated rings. The lowest BCUT2D eigenvalue weighted by atomic mass is 10.1. The predicted octanol–water partition coefficient (Wildman–Crippen LogP) is 2.00. The van der Waals surface area contributed by atoms with E-state index in [1.54, 1.807) is 12.7 Å². The van der Waals surface area contributed by atoms with Gasteiger partial charge in [-0.1, -0.05) is 13.0 Å². The molecule has 2 atom stereocenters. The van der Waals surface area contributed by atoms with Crippen LogP contribution in [0, 0.1) is 0 Å². The topological polar surface area (TPSA) is 42.7 Å². The van der Waals surface area contributed by atoms with Crippen molar-refractivity contribution in [3.63, 3.8) is 0 Å². The molecule has 1 aromatic heterocycles. The van der Waals surface area contributed by atoms with Gasteiger partial charge in [-0.15, -0.1) is 16.8 Å². The molecule has 2 unspecified atom stereocenters. The maximum Gasteiger partial charge on any atom is 0.119 e. The zero-order valence-electron chi connectivity index (χ0n) is 10.3. The smallest absolute Gasteiger partial charge is 0.119 e. The zero-order valence-corrected chi connectivity index (χ0v) is 10.3. The van der Waals surface area contributed by atoms with Gasteiger partial charge >= 0.3 is 0 Å². The summed E-state index contributed by atoms with van der Waals surface area (Å²) in [5.41, 5.74) is 0. The van der Waals surface area contributed by atoms with E-state index in [4.69, 9.17) is 0 Å². The maximum absolute atomic E-state index is 3.80. The van der Waals surface area contributed by atoms with Gasteiger partial charge in [-0.2, -0.15) is 0 Å². The normalized spacial score (nSPS) is 14.6. The molecule has 1 heterocycles. The van der Waals surface area contributed by atoms with Crippen molar-refractivity contribution in [3.8, 4) is 0 Å². The summed E-state index contributed by atoms with van der Waals surface area (Å²) in [4.78, 5) is 0. The van der Waals surface area contributed by atoms with E-state index in [-0.39, 0.29) is 0 Å². The lowest BCUT2D eigenvalue weighted by Crippen LogP contribution is -2.38. The minimum atomic E-state index is 0.436. The van der Waals surface area contributed by atoms with Crippen LogP contribution in [0.2, 0.25) is 0 Å². The molecule has 1 N–H and O–H groups in total. The van der Waals surface area contributed by atoms with E-state index in [1.165, 1.54) is 0 Å². The van der Waals surface area contributed by atoms with E-state index in [2.05, 4.69) is 35.9 Å². The first-order chi connectivity index (χ1) is 7.76. The second-order valence-electron chi connectivity index (χ2n) is 4.20. The third-order valence-corrected chi connectivity index (χ3v) is 2.68. The molecule has 0 aliphatic carbocycles. The maximum atomic E-state index is 3.80. The summed E-state index contributed by atoms with van der Waals surface area (Å²) in [5, 5.41) is 11.2. The van der Waals surface area contributed by atoms with Crippen LogP contribution in [0.4, 0.5) is 0 Å². The Morgan fingerprint density at radius 3 is 2.69 bits per heavy atom. The monoisotopic (exact) mass is 222 g/mol. The molecule has 0 bridgehead atoms. The van der Waals surface area contributed by atoms with Gasteiger partial charge in [0, 0.05) is 18.6 Å². The van der Waals surface area contributed by atoms with Crippen molar-refractivity contribution >= 4 is 0 Å². The van der Waals surface area contributed by atoms with Gasteiger partial charge in [0.25, 0.3) is 0 Å². The minimum Gasteiger partial charge on any atom is -0.319 e. The molecule has 16 heavy (non-hydrogen) atoms. The molecule has 1 rings (SSSR count). The molecule has 0 aliphatic rings. The van der Waals surface area contributed by atoms with Gasteiger partial charge in [-0.05, 0) is 26.2 Å². The molecule has 0 saturated heterocycles. The van der Waals surface area contributed by atoms with Gasteiger partial charge in [0.05, 0.1) is 0 Å². The van der Waals surface area contributed by atoms with Gasteiger partial charge in [0.15, 0.2) is 0 Å². The summed E-state index contributed by atoms with van der Waals surface area (Å²) in [6, 6.07) is 1.01. The zero-order chi connectivity index (χ0) is 11.8. The van der Waals surface area contributed by atoms with E-state index in [1.807, 2.05) is 10.6 Å². The standard InChI is InChI=1S/C12H22N4/c1-4-6-7-12(5-2)15-11(3)8-16-9-13-14-10-16/h4,9-12,15H,1,5-8H2,2-3H3. The van der Waals surface area contributed by atoms with Crippen LogP contribution in [0.1, 0.15) is 33.1 Å².